The van der Waals surface area contributed by atoms with Crippen LogP contribution < -0.4 is 21.5 Å². The standard InChI is InChI=1S/C20H28N8O/c21-8-4-1-5-9-27-10-12-28(13-11-27)17-14-22-19(25-18(17)29)26-20-23-15-6-2-3-7-16(15)24-20/h2-3,6-7,14H,1,4-5,8-13,21H2,(H3,22,23,24,25,26,29). The van der Waals surface area contributed by atoms with Crippen LogP contribution in [0, 0.1) is 0 Å². The molecule has 9 heteroatoms. The van der Waals surface area contributed by atoms with Gasteiger partial charge in [-0.3, -0.25) is 15.0 Å². The summed E-state index contributed by atoms with van der Waals surface area (Å²) in [5.74, 6) is 0.918. The van der Waals surface area contributed by atoms with Gasteiger partial charge in [0.1, 0.15) is 5.69 Å². The van der Waals surface area contributed by atoms with Crippen molar-refractivity contribution in [2.24, 2.45) is 5.73 Å². The lowest BCUT2D eigenvalue weighted by Gasteiger charge is -2.35. The molecule has 29 heavy (non-hydrogen) atoms. The number of para-hydroxylation sites is 2. The van der Waals surface area contributed by atoms with Gasteiger partial charge in [0.05, 0.1) is 11.0 Å². The summed E-state index contributed by atoms with van der Waals surface area (Å²) in [5.41, 5.74) is 7.71. The summed E-state index contributed by atoms with van der Waals surface area (Å²) in [4.78, 5) is 32.0. The van der Waals surface area contributed by atoms with E-state index in [2.05, 4.69) is 35.1 Å². The molecule has 1 saturated heterocycles. The van der Waals surface area contributed by atoms with E-state index in [1.165, 1.54) is 12.8 Å². The molecule has 0 bridgehead atoms. The highest BCUT2D eigenvalue weighted by Gasteiger charge is 2.19. The van der Waals surface area contributed by atoms with Crippen LogP contribution in [0.4, 0.5) is 17.6 Å². The Balaban J connectivity index is 1.35. The van der Waals surface area contributed by atoms with Crippen LogP contribution in [0.1, 0.15) is 19.3 Å². The number of nitrogens with zero attached hydrogens (tertiary/aromatic N) is 4. The molecule has 1 aromatic carbocycles. The van der Waals surface area contributed by atoms with Gasteiger partial charge in [-0.1, -0.05) is 18.6 Å². The molecule has 1 aliphatic heterocycles. The molecule has 3 heterocycles. The van der Waals surface area contributed by atoms with E-state index in [4.69, 9.17) is 5.73 Å². The molecule has 0 radical (unpaired) electrons. The zero-order chi connectivity index (χ0) is 20.1. The topological polar surface area (TPSA) is 119 Å². The number of imidazole rings is 1. The number of aromatic nitrogens is 4. The van der Waals surface area contributed by atoms with Crippen molar-refractivity contribution in [3.05, 3.63) is 40.8 Å². The number of fused-ring (bicyclic) bond motifs is 1. The molecule has 1 fully saturated rings. The highest BCUT2D eigenvalue weighted by atomic mass is 16.1. The lowest BCUT2D eigenvalue weighted by atomic mass is 10.2. The number of nitrogens with two attached hydrogens (primary N) is 1. The molecule has 0 atom stereocenters. The molecule has 0 aliphatic carbocycles. The molecule has 1 aliphatic rings. The SMILES string of the molecule is NCCCCCN1CCN(c2c[nH]c(Nc3nc4ccccc4[nH]3)nc2=O)CC1. The quantitative estimate of drug-likeness (QED) is 0.427. The van der Waals surface area contributed by atoms with Gasteiger partial charge in [-0.25, -0.2) is 4.98 Å². The molecule has 0 saturated carbocycles. The van der Waals surface area contributed by atoms with Gasteiger partial charge in [-0.2, -0.15) is 4.98 Å². The second-order valence-corrected chi connectivity index (χ2v) is 7.35. The number of rotatable bonds is 8. The van der Waals surface area contributed by atoms with Gasteiger partial charge in [-0.15, -0.1) is 0 Å². The maximum atomic E-state index is 12.6. The first-order chi connectivity index (χ1) is 14.2. The maximum Gasteiger partial charge on any atom is 0.297 e. The van der Waals surface area contributed by atoms with Crippen molar-refractivity contribution >= 4 is 28.6 Å². The van der Waals surface area contributed by atoms with E-state index in [1.807, 2.05) is 24.3 Å². The molecule has 3 aromatic rings. The second-order valence-electron chi connectivity index (χ2n) is 7.35. The Hall–Kier alpha value is -2.91. The number of benzene rings is 1. The molecule has 0 unspecified atom stereocenters. The number of aromatic amines is 2. The van der Waals surface area contributed by atoms with Crippen LogP contribution in [0.5, 0.6) is 0 Å². The minimum atomic E-state index is -0.237. The minimum Gasteiger partial charge on any atom is -0.363 e. The Kier molecular flexibility index (Phi) is 6.06. The molecule has 0 spiro atoms. The predicted molar refractivity (Wildman–Crippen MR) is 116 cm³/mol. The smallest absolute Gasteiger partial charge is 0.297 e. The third-order valence-corrected chi connectivity index (χ3v) is 5.30. The monoisotopic (exact) mass is 396 g/mol. The Morgan fingerprint density at radius 3 is 2.62 bits per heavy atom. The molecule has 154 valence electrons. The fourth-order valence-corrected chi connectivity index (χ4v) is 3.67. The van der Waals surface area contributed by atoms with E-state index < -0.39 is 0 Å². The van der Waals surface area contributed by atoms with Gasteiger partial charge < -0.3 is 20.6 Å². The zero-order valence-corrected chi connectivity index (χ0v) is 16.5. The van der Waals surface area contributed by atoms with Gasteiger partial charge in [0.2, 0.25) is 11.9 Å². The molecule has 9 nitrogen and oxygen atoms in total. The molecular weight excluding hydrogens is 368 g/mol. The third-order valence-electron chi connectivity index (χ3n) is 5.30. The summed E-state index contributed by atoms with van der Waals surface area (Å²) in [5, 5.41) is 3.04. The van der Waals surface area contributed by atoms with Crippen molar-refractivity contribution in [1.82, 2.24) is 24.8 Å². The number of piperazine rings is 1. The predicted octanol–water partition coefficient (Wildman–Crippen LogP) is 1.64. The minimum absolute atomic E-state index is 0.237. The van der Waals surface area contributed by atoms with E-state index in [9.17, 15) is 4.79 Å². The van der Waals surface area contributed by atoms with Gasteiger partial charge in [0.15, 0.2) is 0 Å². The third kappa shape index (κ3) is 4.75. The second kappa shape index (κ2) is 9.06. The molecule has 0 amide bonds. The fourth-order valence-electron chi connectivity index (χ4n) is 3.67. The molecule has 2 aromatic heterocycles. The highest BCUT2D eigenvalue weighted by molar-refractivity contribution is 5.77. The van der Waals surface area contributed by atoms with Crippen molar-refractivity contribution in [2.75, 3.05) is 49.5 Å². The van der Waals surface area contributed by atoms with Crippen molar-refractivity contribution in [1.29, 1.82) is 0 Å². The largest absolute Gasteiger partial charge is 0.363 e. The molecule has 4 rings (SSSR count). The average molecular weight is 396 g/mol. The van der Waals surface area contributed by atoms with Crippen LogP contribution >= 0.6 is 0 Å². The Labute approximate surface area is 169 Å². The Morgan fingerprint density at radius 1 is 1.03 bits per heavy atom. The normalized spacial score (nSPS) is 15.1. The van der Waals surface area contributed by atoms with Crippen LogP contribution in [-0.4, -0.2) is 64.1 Å². The average Bonchev–Trinajstić information content (AvgIpc) is 3.14. The van der Waals surface area contributed by atoms with Gasteiger partial charge in [0, 0.05) is 32.4 Å². The first kappa shape index (κ1) is 19.4. The Bertz CT molecular complexity index is 956. The van der Waals surface area contributed by atoms with Crippen LogP contribution in [0.2, 0.25) is 0 Å². The maximum absolute atomic E-state index is 12.6. The summed E-state index contributed by atoms with van der Waals surface area (Å²) >= 11 is 0. The van der Waals surface area contributed by atoms with E-state index in [-0.39, 0.29) is 5.56 Å². The van der Waals surface area contributed by atoms with Crippen molar-refractivity contribution in [3.8, 4) is 0 Å². The van der Waals surface area contributed by atoms with E-state index in [0.717, 1.165) is 56.7 Å². The van der Waals surface area contributed by atoms with Gasteiger partial charge >= 0.3 is 0 Å². The van der Waals surface area contributed by atoms with Crippen LogP contribution in [0.3, 0.4) is 0 Å². The van der Waals surface area contributed by atoms with Crippen molar-refractivity contribution < 1.29 is 0 Å². The van der Waals surface area contributed by atoms with Crippen LogP contribution in [0.15, 0.2) is 35.3 Å². The summed E-state index contributed by atoms with van der Waals surface area (Å²) in [7, 11) is 0. The lowest BCUT2D eigenvalue weighted by Crippen LogP contribution is -2.48. The van der Waals surface area contributed by atoms with Crippen LogP contribution in [-0.2, 0) is 0 Å². The number of unbranched alkanes of at least 4 members (excludes halogenated alkanes) is 2. The summed E-state index contributed by atoms with van der Waals surface area (Å²) in [6.07, 6.45) is 5.19. The first-order valence-electron chi connectivity index (χ1n) is 10.2. The lowest BCUT2D eigenvalue weighted by molar-refractivity contribution is 0.252. The zero-order valence-electron chi connectivity index (χ0n) is 16.5. The van der Waals surface area contributed by atoms with Crippen molar-refractivity contribution in [3.63, 3.8) is 0 Å². The van der Waals surface area contributed by atoms with Gasteiger partial charge in [0.25, 0.3) is 5.56 Å². The fraction of sp³-hybridized carbons (Fsp3) is 0.450. The summed E-state index contributed by atoms with van der Waals surface area (Å²) in [6, 6.07) is 7.75. The van der Waals surface area contributed by atoms with E-state index >= 15 is 0 Å². The van der Waals surface area contributed by atoms with E-state index in [0.29, 0.717) is 17.6 Å². The van der Waals surface area contributed by atoms with Crippen LogP contribution in [0.25, 0.3) is 11.0 Å². The number of H-pyrrole nitrogens is 2. The first-order valence-corrected chi connectivity index (χ1v) is 10.2. The molecular formula is C20H28N8O. The number of hydrogen-bond donors (Lipinski definition) is 4. The summed E-state index contributed by atoms with van der Waals surface area (Å²) < 4.78 is 0. The van der Waals surface area contributed by atoms with Gasteiger partial charge in [-0.05, 0) is 38.1 Å². The highest BCUT2D eigenvalue weighted by Crippen LogP contribution is 2.16. The number of hydrogen-bond acceptors (Lipinski definition) is 7. The van der Waals surface area contributed by atoms with Crippen molar-refractivity contribution in [2.45, 2.75) is 19.3 Å². The Morgan fingerprint density at radius 2 is 1.86 bits per heavy atom. The molecule has 5 N–H and O–H groups in total. The number of nitrogens with one attached hydrogen (secondary N) is 3. The summed E-state index contributed by atoms with van der Waals surface area (Å²) in [6.45, 7) is 5.45. The van der Waals surface area contributed by atoms with E-state index in [1.54, 1.807) is 6.20 Å². The number of anilines is 3.